The highest BCUT2D eigenvalue weighted by molar-refractivity contribution is 6.30. The molecule has 0 aliphatic carbocycles. The van der Waals surface area contributed by atoms with Gasteiger partial charge in [-0.25, -0.2) is 4.39 Å². The number of aliphatic carboxylic acids is 1. The molecule has 0 saturated carbocycles. The zero-order chi connectivity index (χ0) is 11.4. The van der Waals surface area contributed by atoms with E-state index in [-0.39, 0.29) is 11.4 Å². The van der Waals surface area contributed by atoms with Crippen LogP contribution in [0.3, 0.4) is 0 Å². The Morgan fingerprint density at radius 2 is 2.13 bits per heavy atom. The third-order valence-corrected chi connectivity index (χ3v) is 2.28. The van der Waals surface area contributed by atoms with Crippen molar-refractivity contribution < 1.29 is 19.4 Å². The van der Waals surface area contributed by atoms with Crippen LogP contribution < -0.4 is 0 Å². The molecule has 82 valence electrons. The Bertz CT molecular complexity index is 379. The molecule has 0 spiro atoms. The van der Waals surface area contributed by atoms with Gasteiger partial charge < -0.3 is 10.2 Å². The fourth-order valence-corrected chi connectivity index (χ4v) is 1.36. The first-order valence-corrected chi connectivity index (χ1v) is 4.78. The Morgan fingerprint density at radius 1 is 1.47 bits per heavy atom. The molecule has 1 aromatic carbocycles. The smallest absolute Gasteiger partial charge is 0.303 e. The maximum Gasteiger partial charge on any atom is 0.303 e. The zero-order valence-electron chi connectivity index (χ0n) is 7.83. The van der Waals surface area contributed by atoms with Gasteiger partial charge in [0.1, 0.15) is 0 Å². The van der Waals surface area contributed by atoms with Gasteiger partial charge in [-0.05, 0) is 24.5 Å². The van der Waals surface area contributed by atoms with Gasteiger partial charge in [0.05, 0.1) is 5.02 Å². The van der Waals surface area contributed by atoms with Crippen LogP contribution in [0.25, 0.3) is 0 Å². The highest BCUT2D eigenvalue weighted by atomic mass is 35.5. The number of benzene rings is 1. The molecule has 1 aromatic rings. The lowest BCUT2D eigenvalue weighted by Gasteiger charge is -2.05. The summed E-state index contributed by atoms with van der Waals surface area (Å²) in [5.41, 5.74) is 0.373. The van der Waals surface area contributed by atoms with E-state index in [4.69, 9.17) is 16.7 Å². The van der Waals surface area contributed by atoms with E-state index >= 15 is 0 Å². The molecule has 0 bridgehead atoms. The van der Waals surface area contributed by atoms with Gasteiger partial charge in [0.2, 0.25) is 0 Å². The van der Waals surface area contributed by atoms with Gasteiger partial charge in [0, 0.05) is 6.42 Å². The van der Waals surface area contributed by atoms with Crippen molar-refractivity contribution in [3.63, 3.8) is 0 Å². The molecule has 0 saturated heterocycles. The lowest BCUT2D eigenvalue weighted by molar-refractivity contribution is -0.137. The van der Waals surface area contributed by atoms with Gasteiger partial charge in [-0.2, -0.15) is 0 Å². The van der Waals surface area contributed by atoms with Crippen LogP contribution in [-0.2, 0) is 11.2 Å². The summed E-state index contributed by atoms with van der Waals surface area (Å²) >= 11 is 5.44. The summed E-state index contributed by atoms with van der Waals surface area (Å²) in [5, 5.41) is 17.6. The summed E-state index contributed by atoms with van der Waals surface area (Å²) in [7, 11) is 0. The van der Waals surface area contributed by atoms with E-state index in [0.717, 1.165) is 0 Å². The lowest BCUT2D eigenvalue weighted by atomic mass is 10.1. The molecule has 15 heavy (non-hydrogen) atoms. The molecule has 0 aliphatic rings. The molecular weight excluding hydrogens is 223 g/mol. The normalized spacial score (nSPS) is 10.3. The van der Waals surface area contributed by atoms with Gasteiger partial charge in [-0.1, -0.05) is 17.7 Å². The van der Waals surface area contributed by atoms with Gasteiger partial charge in [0.25, 0.3) is 0 Å². The summed E-state index contributed by atoms with van der Waals surface area (Å²) in [5.74, 6) is -2.26. The van der Waals surface area contributed by atoms with Crippen molar-refractivity contribution in [3.8, 4) is 5.75 Å². The van der Waals surface area contributed by atoms with Crippen molar-refractivity contribution in [3.05, 3.63) is 28.5 Å². The second kappa shape index (κ2) is 4.98. The molecule has 3 nitrogen and oxygen atoms in total. The SMILES string of the molecule is O=C(O)CCCc1ccc(Cl)c(F)c1O. The van der Waals surface area contributed by atoms with Crippen LogP contribution in [0, 0.1) is 5.82 Å². The number of phenols is 1. The third-order valence-electron chi connectivity index (χ3n) is 1.99. The Balaban J connectivity index is 2.70. The Hall–Kier alpha value is -1.29. The van der Waals surface area contributed by atoms with Gasteiger partial charge in [0.15, 0.2) is 11.6 Å². The highest BCUT2D eigenvalue weighted by Crippen LogP contribution is 2.28. The third kappa shape index (κ3) is 3.09. The van der Waals surface area contributed by atoms with E-state index in [0.29, 0.717) is 18.4 Å². The van der Waals surface area contributed by atoms with Gasteiger partial charge in [-0.15, -0.1) is 0 Å². The lowest BCUT2D eigenvalue weighted by Crippen LogP contribution is -1.96. The minimum atomic E-state index is -0.913. The number of aryl methyl sites for hydroxylation is 1. The van der Waals surface area contributed by atoms with E-state index in [1.54, 1.807) is 0 Å². The van der Waals surface area contributed by atoms with E-state index in [1.165, 1.54) is 12.1 Å². The molecule has 5 heteroatoms. The van der Waals surface area contributed by atoms with Crippen LogP contribution in [0.15, 0.2) is 12.1 Å². The summed E-state index contributed by atoms with van der Waals surface area (Å²) in [6, 6.07) is 2.83. The maximum absolute atomic E-state index is 13.1. The van der Waals surface area contributed by atoms with E-state index in [1.807, 2.05) is 0 Å². The highest BCUT2D eigenvalue weighted by Gasteiger charge is 2.11. The number of rotatable bonds is 4. The standard InChI is InChI=1S/C10H10ClFO3/c11-7-5-4-6(10(15)9(7)12)2-1-3-8(13)14/h4-5,15H,1-3H2,(H,13,14). The molecule has 1 rings (SSSR count). The first-order chi connectivity index (χ1) is 7.02. The summed E-state index contributed by atoms with van der Waals surface area (Å²) in [6.07, 6.45) is 0.653. The van der Waals surface area contributed by atoms with Crippen LogP contribution in [-0.4, -0.2) is 16.2 Å². The molecule has 0 heterocycles. The van der Waals surface area contributed by atoms with E-state index < -0.39 is 17.5 Å². The van der Waals surface area contributed by atoms with Crippen molar-refractivity contribution >= 4 is 17.6 Å². The van der Waals surface area contributed by atoms with Crippen molar-refractivity contribution in [1.29, 1.82) is 0 Å². The first kappa shape index (κ1) is 11.8. The summed E-state index contributed by atoms with van der Waals surface area (Å²) < 4.78 is 13.1. The number of halogens is 2. The van der Waals surface area contributed by atoms with Crippen molar-refractivity contribution in [2.75, 3.05) is 0 Å². The molecule has 0 radical (unpaired) electrons. The van der Waals surface area contributed by atoms with Crippen molar-refractivity contribution in [2.45, 2.75) is 19.3 Å². The second-order valence-electron chi connectivity index (χ2n) is 3.12. The van der Waals surface area contributed by atoms with E-state index in [2.05, 4.69) is 0 Å². The number of phenolic OH excluding ortho intramolecular Hbond substituents is 1. The Labute approximate surface area is 91.1 Å². The predicted molar refractivity (Wildman–Crippen MR) is 53.6 cm³/mol. The zero-order valence-corrected chi connectivity index (χ0v) is 8.59. The molecular formula is C10H10ClFO3. The van der Waals surface area contributed by atoms with Gasteiger partial charge in [-0.3, -0.25) is 4.79 Å². The molecule has 0 atom stereocenters. The number of hydrogen-bond donors (Lipinski definition) is 2. The van der Waals surface area contributed by atoms with Crippen LogP contribution in [0.4, 0.5) is 4.39 Å². The number of carbonyl (C=O) groups is 1. The molecule has 0 fully saturated rings. The van der Waals surface area contributed by atoms with Gasteiger partial charge >= 0.3 is 5.97 Å². The van der Waals surface area contributed by atoms with Crippen molar-refractivity contribution in [1.82, 2.24) is 0 Å². The first-order valence-electron chi connectivity index (χ1n) is 4.40. The molecule has 0 unspecified atom stereocenters. The minimum Gasteiger partial charge on any atom is -0.505 e. The van der Waals surface area contributed by atoms with Crippen LogP contribution in [0.2, 0.25) is 5.02 Å². The molecule has 0 aromatic heterocycles. The predicted octanol–water partition coefficient (Wildman–Crippen LogP) is 2.59. The quantitative estimate of drug-likeness (QED) is 0.839. The Kier molecular flexibility index (Phi) is 3.91. The fourth-order valence-electron chi connectivity index (χ4n) is 1.21. The largest absolute Gasteiger partial charge is 0.505 e. The average molecular weight is 233 g/mol. The van der Waals surface area contributed by atoms with Crippen LogP contribution in [0.1, 0.15) is 18.4 Å². The monoisotopic (exact) mass is 232 g/mol. The topological polar surface area (TPSA) is 57.5 Å². The van der Waals surface area contributed by atoms with Crippen molar-refractivity contribution in [2.24, 2.45) is 0 Å². The molecule has 2 N–H and O–H groups in total. The summed E-state index contributed by atoms with van der Waals surface area (Å²) in [6.45, 7) is 0. The molecule has 0 amide bonds. The van der Waals surface area contributed by atoms with E-state index in [9.17, 15) is 14.3 Å². The average Bonchev–Trinajstić information content (AvgIpc) is 2.18. The van der Waals surface area contributed by atoms with Crippen LogP contribution >= 0.6 is 11.6 Å². The fraction of sp³-hybridized carbons (Fsp3) is 0.300. The Morgan fingerprint density at radius 3 is 2.73 bits per heavy atom. The summed E-state index contributed by atoms with van der Waals surface area (Å²) in [4.78, 5) is 10.2. The number of carboxylic acid groups (broad SMARTS) is 1. The maximum atomic E-state index is 13.1. The number of hydrogen-bond acceptors (Lipinski definition) is 2. The number of carboxylic acids is 1. The van der Waals surface area contributed by atoms with Crippen LogP contribution in [0.5, 0.6) is 5.75 Å². The second-order valence-corrected chi connectivity index (χ2v) is 3.52. The minimum absolute atomic E-state index is 0.0102. The molecule has 0 aliphatic heterocycles. The number of aromatic hydroxyl groups is 1.